The summed E-state index contributed by atoms with van der Waals surface area (Å²) in [5, 5.41) is 5.17. The normalized spacial score (nSPS) is 12.6. The van der Waals surface area contributed by atoms with Crippen LogP contribution in [-0.4, -0.2) is 12.0 Å². The molecule has 0 aromatic carbocycles. The van der Waals surface area contributed by atoms with Gasteiger partial charge in [-0.05, 0) is 24.6 Å². The Bertz CT molecular complexity index is 442. The van der Waals surface area contributed by atoms with E-state index in [1.807, 2.05) is 18.5 Å². The first kappa shape index (κ1) is 11.2. The molecule has 0 spiro atoms. The minimum Gasteiger partial charge on any atom is -0.313 e. The summed E-state index contributed by atoms with van der Waals surface area (Å²) in [6.07, 6.45) is 3.68. The van der Waals surface area contributed by atoms with Crippen LogP contribution in [0.3, 0.4) is 0 Å². The summed E-state index contributed by atoms with van der Waals surface area (Å²) < 4.78 is 13.6. The Morgan fingerprint density at radius 1 is 1.50 bits per heavy atom. The number of nitrogens with one attached hydrogen (secondary N) is 1. The van der Waals surface area contributed by atoms with Gasteiger partial charge in [-0.15, -0.1) is 11.3 Å². The van der Waals surface area contributed by atoms with Crippen molar-refractivity contribution in [1.29, 1.82) is 0 Å². The van der Waals surface area contributed by atoms with Crippen molar-refractivity contribution in [2.24, 2.45) is 0 Å². The molecule has 1 N–H and O–H groups in total. The van der Waals surface area contributed by atoms with Crippen LogP contribution in [0.25, 0.3) is 0 Å². The van der Waals surface area contributed by atoms with Gasteiger partial charge in [-0.1, -0.05) is 6.07 Å². The third kappa shape index (κ3) is 2.46. The number of thiophene rings is 1. The van der Waals surface area contributed by atoms with Crippen LogP contribution in [0.2, 0.25) is 0 Å². The summed E-state index contributed by atoms with van der Waals surface area (Å²) >= 11 is 1.69. The molecule has 0 aliphatic heterocycles. The van der Waals surface area contributed by atoms with E-state index >= 15 is 0 Å². The zero-order valence-electron chi connectivity index (χ0n) is 8.98. The smallest absolute Gasteiger partial charge is 0.146 e. The third-order valence-corrected chi connectivity index (χ3v) is 3.41. The second-order valence-corrected chi connectivity index (χ2v) is 4.55. The number of hydrogen-bond acceptors (Lipinski definition) is 3. The summed E-state index contributed by atoms with van der Waals surface area (Å²) in [7, 11) is 1.85. The molecule has 84 valence electrons. The van der Waals surface area contributed by atoms with Gasteiger partial charge in [-0.3, -0.25) is 4.98 Å². The molecule has 2 nitrogen and oxygen atoms in total. The van der Waals surface area contributed by atoms with Gasteiger partial charge >= 0.3 is 0 Å². The molecule has 2 aromatic heterocycles. The van der Waals surface area contributed by atoms with E-state index in [1.165, 1.54) is 11.1 Å². The quantitative estimate of drug-likeness (QED) is 0.883. The van der Waals surface area contributed by atoms with Crippen LogP contribution in [0.4, 0.5) is 4.39 Å². The first-order chi connectivity index (χ1) is 7.81. The van der Waals surface area contributed by atoms with Gasteiger partial charge in [0.25, 0.3) is 0 Å². The number of nitrogens with zero attached hydrogens (tertiary/aromatic N) is 1. The van der Waals surface area contributed by atoms with Crippen LogP contribution in [0.5, 0.6) is 0 Å². The number of hydrogen-bond donors (Lipinski definition) is 1. The number of likely N-dealkylation sites (N-methyl/N-ethyl adjacent to an activating group) is 1. The zero-order valence-corrected chi connectivity index (χ0v) is 9.80. The van der Waals surface area contributed by atoms with Gasteiger partial charge in [0.1, 0.15) is 5.82 Å². The van der Waals surface area contributed by atoms with E-state index < -0.39 is 0 Å². The van der Waals surface area contributed by atoms with Gasteiger partial charge in [-0.25, -0.2) is 4.39 Å². The molecule has 1 unspecified atom stereocenters. The van der Waals surface area contributed by atoms with Crippen LogP contribution in [0, 0.1) is 5.82 Å². The molecule has 0 bridgehead atoms. The number of pyridine rings is 1. The second-order valence-electron chi connectivity index (χ2n) is 3.52. The SMILES string of the molecule is CNC(Cc1cccs1)c1ccncc1F. The van der Waals surface area contributed by atoms with Crippen LogP contribution in [0.15, 0.2) is 36.0 Å². The minimum absolute atomic E-state index is 0.00153. The highest BCUT2D eigenvalue weighted by molar-refractivity contribution is 7.09. The molecule has 0 amide bonds. The lowest BCUT2D eigenvalue weighted by Crippen LogP contribution is -2.19. The molecule has 0 aliphatic carbocycles. The molecule has 0 aliphatic rings. The summed E-state index contributed by atoms with van der Waals surface area (Å²) in [6.45, 7) is 0. The van der Waals surface area contributed by atoms with Gasteiger partial charge in [0.05, 0.1) is 6.20 Å². The summed E-state index contributed by atoms with van der Waals surface area (Å²) in [5.74, 6) is -0.251. The van der Waals surface area contributed by atoms with Crippen molar-refractivity contribution in [1.82, 2.24) is 10.3 Å². The Morgan fingerprint density at radius 3 is 3.00 bits per heavy atom. The molecule has 2 rings (SSSR count). The lowest BCUT2D eigenvalue weighted by molar-refractivity contribution is 0.532. The summed E-state index contributed by atoms with van der Waals surface area (Å²) in [6, 6.07) is 5.80. The Hall–Kier alpha value is -1.26. The van der Waals surface area contributed by atoms with Gasteiger partial charge in [0.2, 0.25) is 0 Å². The van der Waals surface area contributed by atoms with Crippen molar-refractivity contribution in [3.05, 3.63) is 52.2 Å². The average Bonchev–Trinajstić information content (AvgIpc) is 2.80. The van der Waals surface area contributed by atoms with E-state index in [0.29, 0.717) is 5.56 Å². The van der Waals surface area contributed by atoms with Crippen LogP contribution < -0.4 is 5.32 Å². The maximum atomic E-state index is 13.6. The fraction of sp³-hybridized carbons (Fsp3) is 0.250. The number of rotatable bonds is 4. The first-order valence-corrected chi connectivity index (χ1v) is 5.98. The number of halogens is 1. The fourth-order valence-electron chi connectivity index (χ4n) is 1.67. The van der Waals surface area contributed by atoms with Crippen molar-refractivity contribution in [2.75, 3.05) is 7.05 Å². The lowest BCUT2D eigenvalue weighted by Gasteiger charge is -2.16. The molecule has 2 aromatic rings. The van der Waals surface area contributed by atoms with Gasteiger partial charge < -0.3 is 5.32 Å². The Balaban J connectivity index is 2.20. The maximum absolute atomic E-state index is 13.6. The molecule has 0 saturated carbocycles. The second kappa shape index (κ2) is 5.18. The van der Waals surface area contributed by atoms with Crippen molar-refractivity contribution in [3.63, 3.8) is 0 Å². The monoisotopic (exact) mass is 236 g/mol. The first-order valence-electron chi connectivity index (χ1n) is 5.10. The highest BCUT2D eigenvalue weighted by Crippen LogP contribution is 2.22. The molecular formula is C12H13FN2S. The van der Waals surface area contributed by atoms with E-state index in [4.69, 9.17) is 0 Å². The molecule has 2 heterocycles. The predicted molar refractivity (Wildman–Crippen MR) is 64.0 cm³/mol. The Labute approximate surface area is 98.2 Å². The Morgan fingerprint density at radius 2 is 2.38 bits per heavy atom. The van der Waals surface area contributed by atoms with Crippen LogP contribution in [0.1, 0.15) is 16.5 Å². The number of aromatic nitrogens is 1. The topological polar surface area (TPSA) is 24.9 Å². The third-order valence-electron chi connectivity index (χ3n) is 2.51. The molecule has 0 fully saturated rings. The average molecular weight is 236 g/mol. The molecule has 0 radical (unpaired) electrons. The van der Waals surface area contributed by atoms with E-state index in [-0.39, 0.29) is 11.9 Å². The standard InChI is InChI=1S/C12H13FN2S/c1-14-12(7-9-3-2-6-16-9)10-4-5-15-8-11(10)13/h2-6,8,12,14H,7H2,1H3. The van der Waals surface area contributed by atoms with Gasteiger partial charge in [0, 0.05) is 29.1 Å². The zero-order chi connectivity index (χ0) is 11.4. The maximum Gasteiger partial charge on any atom is 0.146 e. The molecule has 0 saturated heterocycles. The van der Waals surface area contributed by atoms with Crippen molar-refractivity contribution >= 4 is 11.3 Å². The van der Waals surface area contributed by atoms with E-state index in [9.17, 15) is 4.39 Å². The Kier molecular flexibility index (Phi) is 3.64. The largest absolute Gasteiger partial charge is 0.313 e. The van der Waals surface area contributed by atoms with Crippen molar-refractivity contribution < 1.29 is 4.39 Å². The summed E-state index contributed by atoms with van der Waals surface area (Å²) in [5.41, 5.74) is 0.672. The van der Waals surface area contributed by atoms with E-state index in [1.54, 1.807) is 23.6 Å². The molecular weight excluding hydrogens is 223 g/mol. The minimum atomic E-state index is -0.251. The predicted octanol–water partition coefficient (Wildman–Crippen LogP) is 2.79. The van der Waals surface area contributed by atoms with E-state index in [0.717, 1.165) is 6.42 Å². The van der Waals surface area contributed by atoms with Crippen molar-refractivity contribution in [2.45, 2.75) is 12.5 Å². The highest BCUT2D eigenvalue weighted by atomic mass is 32.1. The fourth-order valence-corrected chi connectivity index (χ4v) is 2.42. The van der Waals surface area contributed by atoms with Crippen LogP contribution in [-0.2, 0) is 6.42 Å². The van der Waals surface area contributed by atoms with Crippen LogP contribution >= 0.6 is 11.3 Å². The van der Waals surface area contributed by atoms with Gasteiger partial charge in [-0.2, -0.15) is 0 Å². The lowest BCUT2D eigenvalue weighted by atomic mass is 10.0. The summed E-state index contributed by atoms with van der Waals surface area (Å²) in [4.78, 5) is 5.00. The highest BCUT2D eigenvalue weighted by Gasteiger charge is 2.14. The molecule has 1 atom stereocenters. The van der Waals surface area contributed by atoms with Crippen molar-refractivity contribution in [3.8, 4) is 0 Å². The molecule has 16 heavy (non-hydrogen) atoms. The van der Waals surface area contributed by atoms with Gasteiger partial charge in [0.15, 0.2) is 0 Å². The van der Waals surface area contributed by atoms with E-state index in [2.05, 4.69) is 16.4 Å². The molecule has 4 heteroatoms.